The first-order valence-electron chi connectivity index (χ1n) is 37.1. The highest BCUT2D eigenvalue weighted by atomic mass is 32.1. The standard InChI is InChI=1S/C25H26O4S.C24H25NO4S.C22H22O3S.C19H23NO4S/c1-25(2,3)29-22(24(26)27)23-19(15-21(30-23)16-8-5-4-6-9-16)17-11-12-20-18(14-17)10-7-13-28-20;1-24(2,3)29-20(23(26)27)21-19(25-22(30-21)15-8-5-4-6-9-15)17-11-12-18-16(14-17)10-7-13-28-18;1-22(2,3)25-19(21(23)24)20-17(15-10-6-4-7-11-15)14-18(26-20)16-12-8-5-9-13-16;1-11-20-15(13-7-8-14-12(10-13)6-5-9-23-14)17(25-11)16(18(21)22)24-19(2,3)4/h4-6,8-9,11-12,14-15,22H,7,10,13H2,1-3H3,(H,26,27);4-6,8-9,11-12,14,20H,7,10,13H2,1-3H3,(H,26,27);4-14,19H,1-3H3,(H,23,24);7-8,10,16H,5-6,9H2,1-4H3,(H,21,22). The highest BCUT2D eigenvalue weighted by Crippen LogP contribution is 2.48. The van der Waals surface area contributed by atoms with E-state index in [-0.39, 0.29) is 0 Å². The van der Waals surface area contributed by atoms with Gasteiger partial charge in [0.05, 0.1) is 78.1 Å². The van der Waals surface area contributed by atoms with Crippen LogP contribution in [0.25, 0.3) is 76.2 Å². The van der Waals surface area contributed by atoms with Gasteiger partial charge in [-0.15, -0.1) is 45.3 Å². The average Bonchev–Trinajstić information content (AvgIpc) is 1.68. The highest BCUT2D eigenvalue weighted by Gasteiger charge is 2.37. The van der Waals surface area contributed by atoms with Crippen LogP contribution in [0, 0.1) is 6.92 Å². The zero-order valence-corrected chi connectivity index (χ0v) is 68.1. The first-order valence-corrected chi connectivity index (χ1v) is 40.4. The highest BCUT2D eigenvalue weighted by molar-refractivity contribution is 7.17. The Labute approximate surface area is 665 Å². The van der Waals surface area contributed by atoms with Gasteiger partial charge in [-0.05, 0) is 239 Å². The fourth-order valence-corrected chi connectivity index (χ4v) is 17.3. The van der Waals surface area contributed by atoms with Crippen molar-refractivity contribution in [1.29, 1.82) is 0 Å². The van der Waals surface area contributed by atoms with Gasteiger partial charge in [-0.2, -0.15) is 0 Å². The maximum Gasteiger partial charge on any atom is 0.338 e. The normalized spacial score (nSPS) is 14.4. The van der Waals surface area contributed by atoms with Crippen molar-refractivity contribution >= 4 is 69.2 Å². The Balaban J connectivity index is 0.000000147. The summed E-state index contributed by atoms with van der Waals surface area (Å²) < 4.78 is 40.8. The molecule has 3 aliphatic rings. The minimum Gasteiger partial charge on any atom is -0.493 e. The third-order valence-corrected chi connectivity index (χ3v) is 22.1. The summed E-state index contributed by atoms with van der Waals surface area (Å²) in [7, 11) is 0. The van der Waals surface area contributed by atoms with Crippen LogP contribution < -0.4 is 14.2 Å². The van der Waals surface area contributed by atoms with Gasteiger partial charge >= 0.3 is 23.9 Å². The monoisotopic (exact) mass is 1570 g/mol. The number of hydrogen-bond donors (Lipinski definition) is 4. The quantitative estimate of drug-likeness (QED) is 0.0588. The van der Waals surface area contributed by atoms with Gasteiger partial charge in [0.25, 0.3) is 0 Å². The van der Waals surface area contributed by atoms with Crippen LogP contribution in [0.1, 0.15) is 168 Å². The zero-order valence-electron chi connectivity index (χ0n) is 64.9. The summed E-state index contributed by atoms with van der Waals surface area (Å²) in [5.74, 6) is -1.25. The summed E-state index contributed by atoms with van der Waals surface area (Å²) in [6, 6.07) is 61.9. The van der Waals surface area contributed by atoms with Gasteiger partial charge in [0, 0.05) is 26.4 Å². The summed E-state index contributed by atoms with van der Waals surface area (Å²) in [5, 5.41) is 41.1. The first kappa shape index (κ1) is 82.3. The number of rotatable bonds is 19. The van der Waals surface area contributed by atoms with Crippen molar-refractivity contribution in [2.45, 2.75) is 175 Å². The van der Waals surface area contributed by atoms with Gasteiger partial charge in [-0.25, -0.2) is 29.1 Å². The Bertz CT molecular complexity index is 4850. The van der Waals surface area contributed by atoms with E-state index in [1.807, 2.05) is 248 Å². The second-order valence-corrected chi connectivity index (χ2v) is 35.5. The molecule has 0 spiro atoms. The SMILES string of the molecule is CC(C)(C)OC(C(=O)O)c1sc(-c2ccccc2)cc1-c1ccc2c(c1)CCCO2.CC(C)(C)OC(C(=O)O)c1sc(-c2ccccc2)cc1-c1ccccc1.CC(C)(C)OC(C(=O)O)c1sc(-c2ccccc2)nc1-c1ccc2c(c1)CCCO2.Cc1nc(-c2ccc3c(c2)CCCO3)c(C(OC(C)(C)C)C(=O)O)s1. The molecule has 4 N–H and O–H groups in total. The van der Waals surface area contributed by atoms with Crippen molar-refractivity contribution in [3.63, 3.8) is 0 Å². The number of nitrogens with zero attached hydrogens (tertiary/aromatic N) is 2. The lowest BCUT2D eigenvalue weighted by Gasteiger charge is -2.25. The topological polar surface area (TPSA) is 240 Å². The number of hydrogen-bond acceptors (Lipinski definition) is 17. The van der Waals surface area contributed by atoms with E-state index >= 15 is 0 Å². The van der Waals surface area contributed by atoms with Crippen molar-refractivity contribution < 1.29 is 72.8 Å². The second-order valence-electron chi connectivity index (χ2n) is 31.0. The van der Waals surface area contributed by atoms with Gasteiger partial charge in [-0.1, -0.05) is 127 Å². The Hall–Kier alpha value is -9.68. The van der Waals surface area contributed by atoms with Crippen molar-refractivity contribution in [3.8, 4) is 93.5 Å². The Morgan fingerprint density at radius 2 is 0.658 bits per heavy atom. The Morgan fingerprint density at radius 3 is 1.02 bits per heavy atom. The largest absolute Gasteiger partial charge is 0.493 e. The Kier molecular flexibility index (Phi) is 26.5. The van der Waals surface area contributed by atoms with E-state index in [1.165, 1.54) is 50.9 Å². The van der Waals surface area contributed by atoms with E-state index in [4.69, 9.17) is 38.1 Å². The van der Waals surface area contributed by atoms with Gasteiger partial charge in [0.2, 0.25) is 0 Å². The number of thiazole rings is 2. The third-order valence-electron chi connectivity index (χ3n) is 17.5. The van der Waals surface area contributed by atoms with Crippen LogP contribution in [0.15, 0.2) is 188 Å². The van der Waals surface area contributed by atoms with Gasteiger partial charge in [0.1, 0.15) is 22.3 Å². The molecule has 0 bridgehead atoms. The number of aromatic nitrogens is 2. The number of aliphatic carboxylic acids is 4. The Morgan fingerprint density at radius 1 is 0.351 bits per heavy atom. The summed E-state index contributed by atoms with van der Waals surface area (Å²) in [6.07, 6.45) is 1.66. The lowest BCUT2D eigenvalue weighted by molar-refractivity contribution is -0.160. The predicted octanol–water partition coefficient (Wildman–Crippen LogP) is 22.5. The molecule has 0 radical (unpaired) electrons. The fourth-order valence-electron chi connectivity index (χ4n) is 12.8. The molecule has 4 atom stereocenters. The molecule has 0 aliphatic carbocycles. The molecule has 17 nitrogen and oxygen atoms in total. The van der Waals surface area contributed by atoms with Crippen molar-refractivity contribution in [3.05, 3.63) is 229 Å². The molecule has 111 heavy (non-hydrogen) atoms. The van der Waals surface area contributed by atoms with Crippen LogP contribution in [0.2, 0.25) is 0 Å². The van der Waals surface area contributed by atoms with Crippen LogP contribution >= 0.6 is 45.3 Å². The molecular formula is C90H96N2O15S4. The average molecular weight is 1570 g/mol. The van der Waals surface area contributed by atoms with E-state index in [0.717, 1.165) is 161 Å². The summed E-state index contributed by atoms with van der Waals surface area (Å²) in [6.45, 7) is 26.5. The molecule has 3 aliphatic heterocycles. The van der Waals surface area contributed by atoms with Crippen LogP contribution in [0.4, 0.5) is 0 Å². The number of carboxylic acids is 4. The molecule has 4 unspecified atom stereocenters. The van der Waals surface area contributed by atoms with Gasteiger partial charge in [-0.3, -0.25) is 0 Å². The molecule has 4 aromatic heterocycles. The molecule has 21 heteroatoms. The number of carbonyl (C=O) groups is 4. The predicted molar refractivity (Wildman–Crippen MR) is 442 cm³/mol. The van der Waals surface area contributed by atoms with E-state index in [9.17, 15) is 39.6 Å². The minimum atomic E-state index is -1.10. The molecule has 0 fully saturated rings. The second kappa shape index (κ2) is 35.8. The van der Waals surface area contributed by atoms with Gasteiger partial charge in [0.15, 0.2) is 24.4 Å². The molecule has 11 aromatic rings. The van der Waals surface area contributed by atoms with E-state index in [0.29, 0.717) is 26.0 Å². The number of carboxylic acid groups (broad SMARTS) is 4. The van der Waals surface area contributed by atoms with Crippen LogP contribution in [0.5, 0.6) is 17.2 Å². The molecule has 7 heterocycles. The summed E-state index contributed by atoms with van der Waals surface area (Å²) in [5.41, 5.74) is 11.1. The van der Waals surface area contributed by atoms with Crippen LogP contribution in [-0.4, -0.2) is 96.5 Å². The molecule has 0 saturated carbocycles. The van der Waals surface area contributed by atoms with Crippen LogP contribution in [-0.2, 0) is 57.4 Å². The smallest absolute Gasteiger partial charge is 0.338 e. The molecule has 14 rings (SSSR count). The van der Waals surface area contributed by atoms with E-state index < -0.39 is 70.7 Å². The lowest BCUT2D eigenvalue weighted by atomic mass is 9.97. The van der Waals surface area contributed by atoms with Crippen molar-refractivity contribution in [1.82, 2.24) is 9.97 Å². The summed E-state index contributed by atoms with van der Waals surface area (Å²) >= 11 is 5.71. The van der Waals surface area contributed by atoms with E-state index in [1.54, 1.807) is 0 Å². The molecule has 0 amide bonds. The summed E-state index contributed by atoms with van der Waals surface area (Å²) in [4.78, 5) is 62.4. The number of fused-ring (bicyclic) bond motifs is 3. The van der Waals surface area contributed by atoms with Gasteiger partial charge < -0.3 is 53.6 Å². The third kappa shape index (κ3) is 21.9. The maximum absolute atomic E-state index is 12.2. The lowest BCUT2D eigenvalue weighted by Crippen LogP contribution is -2.27. The minimum absolute atomic E-state index is 0.562. The maximum atomic E-state index is 12.2. The van der Waals surface area contributed by atoms with Crippen LogP contribution in [0.3, 0.4) is 0 Å². The first-order chi connectivity index (χ1) is 52.7. The number of ether oxygens (including phenoxy) is 7. The zero-order chi connectivity index (χ0) is 79.5. The molecule has 0 saturated heterocycles. The fraction of sp³-hybridized carbons (Fsp3) is 0.333. The van der Waals surface area contributed by atoms with Crippen molar-refractivity contribution in [2.75, 3.05) is 19.8 Å². The molecular weight excluding hydrogens is 1480 g/mol. The van der Waals surface area contributed by atoms with Crippen molar-refractivity contribution in [2.24, 2.45) is 0 Å². The number of benzene rings is 7. The molecule has 580 valence electrons. The van der Waals surface area contributed by atoms with E-state index in [2.05, 4.69) is 35.3 Å². The molecule has 7 aromatic carbocycles. The number of thiophene rings is 2. The number of aryl methyl sites for hydroxylation is 4.